The van der Waals surface area contributed by atoms with Gasteiger partial charge in [-0.3, -0.25) is 21.2 Å². The van der Waals surface area contributed by atoms with Gasteiger partial charge in [-0.15, -0.1) is 0 Å². The van der Waals surface area contributed by atoms with Gasteiger partial charge < -0.3 is 31.3 Å². The molecular weight excluding hydrogens is 751 g/mol. The van der Waals surface area contributed by atoms with Gasteiger partial charge in [-0.05, 0) is 91.3 Å². The third kappa shape index (κ3) is 15.4. The Morgan fingerprint density at radius 1 is 0.551 bits per heavy atom. The third-order valence-corrected chi connectivity index (χ3v) is 7.63. The van der Waals surface area contributed by atoms with Gasteiger partial charge in [0.25, 0.3) is 0 Å². The predicted molar refractivity (Wildman–Crippen MR) is 210 cm³/mol. The van der Waals surface area contributed by atoms with Crippen molar-refractivity contribution in [1.29, 1.82) is 0 Å². The molecule has 0 saturated carbocycles. The first-order valence-electron chi connectivity index (χ1n) is 14.4. The van der Waals surface area contributed by atoms with Gasteiger partial charge in [0.15, 0.2) is 15.3 Å². The highest BCUT2D eigenvalue weighted by Crippen LogP contribution is 2.21. The molecule has 0 aliphatic rings. The summed E-state index contributed by atoms with van der Waals surface area (Å²) < 4.78 is 0. The fraction of sp³-hybridized carbons (Fsp3) is 0.200. The fourth-order valence-electron chi connectivity index (χ4n) is 3.80. The van der Waals surface area contributed by atoms with E-state index in [0.29, 0.717) is 71.0 Å². The molecule has 0 aliphatic carbocycles. The van der Waals surface area contributed by atoms with Crippen LogP contribution in [-0.2, 0) is 0 Å². The van der Waals surface area contributed by atoms with Crippen LogP contribution in [0.2, 0.25) is 15.1 Å². The van der Waals surface area contributed by atoms with E-state index in [1.54, 1.807) is 36.4 Å². The summed E-state index contributed by atoms with van der Waals surface area (Å²) in [5, 5.41) is 53.4. The maximum absolute atomic E-state index is 9.92. The fourth-order valence-corrected chi connectivity index (χ4v) is 4.81. The zero-order valence-corrected chi connectivity index (χ0v) is 30.4. The molecule has 9 N–H and O–H groups in total. The summed E-state index contributed by atoms with van der Waals surface area (Å²) in [5.74, 6) is 0.112. The van der Waals surface area contributed by atoms with Crippen molar-refractivity contribution in [2.24, 2.45) is 15.3 Å². The van der Waals surface area contributed by atoms with E-state index in [4.69, 9.17) is 71.5 Å². The van der Waals surface area contributed by atoms with Gasteiger partial charge in [0.1, 0.15) is 17.2 Å². The number of aromatic hydroxyl groups is 3. The van der Waals surface area contributed by atoms with Crippen molar-refractivity contribution in [3.05, 3.63) is 86.4 Å². The summed E-state index contributed by atoms with van der Waals surface area (Å²) in [6.07, 6.45) is 4.24. The summed E-state index contributed by atoms with van der Waals surface area (Å²) in [6, 6.07) is 13.9. The van der Waals surface area contributed by atoms with Crippen LogP contribution in [0.4, 0.5) is 0 Å². The van der Waals surface area contributed by atoms with Gasteiger partial charge in [0.2, 0.25) is 0 Å². The number of hydrogen-bond acceptors (Lipinski definition) is 10. The molecule has 13 nitrogen and oxygen atoms in total. The number of hydrogen-bond donors (Lipinski definition) is 9. The van der Waals surface area contributed by atoms with E-state index in [0.717, 1.165) is 0 Å². The molecule has 19 heteroatoms. The zero-order valence-electron chi connectivity index (χ0n) is 25.7. The number of phenolic OH excluding ortho intramolecular Hbond substituents is 3. The summed E-state index contributed by atoms with van der Waals surface area (Å²) in [4.78, 5) is 2.13. The average Bonchev–Trinajstić information content (AvgIpc) is 3.05. The number of phenols is 3. The second-order valence-corrected chi connectivity index (χ2v) is 12.4. The van der Waals surface area contributed by atoms with Crippen molar-refractivity contribution in [2.45, 2.75) is 0 Å². The van der Waals surface area contributed by atoms with Gasteiger partial charge in [-0.1, -0.05) is 34.8 Å². The van der Waals surface area contributed by atoms with Crippen molar-refractivity contribution in [3.8, 4) is 17.2 Å². The first kappa shape index (κ1) is 39.4. The van der Waals surface area contributed by atoms with E-state index in [1.165, 1.54) is 36.8 Å². The lowest BCUT2D eigenvalue weighted by Gasteiger charge is -2.23. The van der Waals surface area contributed by atoms with Crippen LogP contribution in [0, 0.1) is 0 Å². The Morgan fingerprint density at radius 2 is 0.837 bits per heavy atom. The molecule has 0 heterocycles. The Morgan fingerprint density at radius 3 is 1.12 bits per heavy atom. The highest BCUT2D eigenvalue weighted by atomic mass is 35.5. The highest BCUT2D eigenvalue weighted by molar-refractivity contribution is 7.80. The number of halogens is 3. The van der Waals surface area contributed by atoms with E-state index in [1.807, 2.05) is 0 Å². The molecule has 0 unspecified atom stereocenters. The smallest absolute Gasteiger partial charge is 0.187 e. The Kier molecular flexibility index (Phi) is 17.0. The largest absolute Gasteiger partial charge is 0.507 e. The lowest BCUT2D eigenvalue weighted by Crippen LogP contribution is -2.45. The van der Waals surface area contributed by atoms with E-state index in [2.05, 4.69) is 52.4 Å². The Bertz CT molecular complexity index is 1500. The molecule has 0 spiro atoms. The SMILES string of the molecule is Oc1ccc(Cl)cc1/C=N/NC(=S)NCCN(CCNC(=S)N/N=C/c1cc(Cl)ccc1O)CCNC(=S)N/N=C/c1cc(Cl)ccc1O. The Labute approximate surface area is 314 Å². The minimum Gasteiger partial charge on any atom is -0.507 e. The number of hydrazone groups is 3. The number of benzene rings is 3. The second-order valence-electron chi connectivity index (χ2n) is 9.83. The molecule has 0 atom stereocenters. The van der Waals surface area contributed by atoms with Crippen LogP contribution in [0.1, 0.15) is 16.7 Å². The summed E-state index contributed by atoms with van der Waals surface area (Å²) in [5.41, 5.74) is 9.46. The number of nitrogens with zero attached hydrogens (tertiary/aromatic N) is 4. The minimum atomic E-state index is 0.0375. The molecule has 3 rings (SSSR count). The maximum atomic E-state index is 9.92. The molecule has 3 aromatic rings. The van der Waals surface area contributed by atoms with Crippen molar-refractivity contribution in [2.75, 3.05) is 39.3 Å². The molecule has 260 valence electrons. The molecule has 0 saturated heterocycles. The lowest BCUT2D eigenvalue weighted by molar-refractivity contribution is 0.286. The zero-order chi connectivity index (χ0) is 35.6. The van der Waals surface area contributed by atoms with Crippen molar-refractivity contribution in [1.82, 2.24) is 37.1 Å². The van der Waals surface area contributed by atoms with Crippen LogP contribution in [0.15, 0.2) is 69.9 Å². The van der Waals surface area contributed by atoms with Crippen LogP contribution in [0.25, 0.3) is 0 Å². The summed E-state index contributed by atoms with van der Waals surface area (Å²) >= 11 is 33.9. The predicted octanol–water partition coefficient (Wildman–Crippen LogP) is 3.86. The molecule has 0 amide bonds. The highest BCUT2D eigenvalue weighted by Gasteiger charge is 2.07. The van der Waals surface area contributed by atoms with Gasteiger partial charge in [0.05, 0.1) is 18.6 Å². The van der Waals surface area contributed by atoms with E-state index < -0.39 is 0 Å². The Balaban J connectivity index is 1.47. The first-order valence-corrected chi connectivity index (χ1v) is 16.7. The molecule has 0 aliphatic heterocycles. The molecule has 0 fully saturated rings. The van der Waals surface area contributed by atoms with Gasteiger partial charge in [0, 0.05) is 71.0 Å². The van der Waals surface area contributed by atoms with Crippen LogP contribution in [-0.4, -0.2) is 93.5 Å². The average molecular weight is 784 g/mol. The topological polar surface area (TPSA) is 173 Å². The van der Waals surface area contributed by atoms with Gasteiger partial charge in [-0.25, -0.2) is 0 Å². The van der Waals surface area contributed by atoms with E-state index in [9.17, 15) is 15.3 Å². The molecular formula is C30H33Cl3N10O3S3. The Hall–Kier alpha value is -4.03. The minimum absolute atomic E-state index is 0.0375. The number of thiocarbonyl (C=S) groups is 3. The molecule has 3 aromatic carbocycles. The van der Waals surface area contributed by atoms with Crippen LogP contribution >= 0.6 is 71.5 Å². The monoisotopic (exact) mass is 782 g/mol. The normalized spacial score (nSPS) is 11.3. The van der Waals surface area contributed by atoms with Crippen molar-refractivity contribution < 1.29 is 15.3 Å². The van der Waals surface area contributed by atoms with E-state index in [-0.39, 0.29) is 32.6 Å². The number of rotatable bonds is 15. The quantitative estimate of drug-likeness (QED) is 0.0619. The molecule has 49 heavy (non-hydrogen) atoms. The summed E-state index contributed by atoms with van der Waals surface area (Å²) in [6.45, 7) is 3.20. The standard InChI is InChI=1S/C30H33Cl3N10O3S3/c31-22-1-4-25(44)19(13-22)16-37-40-28(47)34-7-10-43(11-8-35-29(48)41-38-17-20-14-23(32)2-5-26(20)45)12-9-36-30(49)42-39-18-21-15-24(33)3-6-27(21)46/h1-6,13-18,44-46H,7-12H2,(H2,34,40,47)(H2,35,41,48)(H2,36,42,49)/b37-16+,38-17+,39-18+. The molecule has 0 aromatic heterocycles. The van der Waals surface area contributed by atoms with Crippen LogP contribution < -0.4 is 32.2 Å². The third-order valence-electron chi connectivity index (χ3n) is 6.22. The van der Waals surface area contributed by atoms with Crippen LogP contribution in [0.5, 0.6) is 17.2 Å². The van der Waals surface area contributed by atoms with Gasteiger partial charge >= 0.3 is 0 Å². The van der Waals surface area contributed by atoms with Crippen LogP contribution in [0.3, 0.4) is 0 Å². The van der Waals surface area contributed by atoms with Gasteiger partial charge in [-0.2, -0.15) is 15.3 Å². The summed E-state index contributed by atoms with van der Waals surface area (Å²) in [7, 11) is 0. The molecule has 0 bridgehead atoms. The number of nitrogens with one attached hydrogen (secondary N) is 6. The molecule has 0 radical (unpaired) electrons. The second kappa shape index (κ2) is 21.1. The lowest BCUT2D eigenvalue weighted by atomic mass is 10.2. The first-order chi connectivity index (χ1) is 23.5. The van der Waals surface area contributed by atoms with Crippen molar-refractivity contribution >= 4 is 105 Å². The van der Waals surface area contributed by atoms with Crippen molar-refractivity contribution in [3.63, 3.8) is 0 Å². The maximum Gasteiger partial charge on any atom is 0.187 e. The van der Waals surface area contributed by atoms with E-state index >= 15 is 0 Å².